The number of methoxy groups -OCH3 is 1. The number of rotatable bonds is 5. The van der Waals surface area contributed by atoms with E-state index in [0.29, 0.717) is 45.1 Å². The van der Waals surface area contributed by atoms with Crippen LogP contribution in [-0.2, 0) is 0 Å². The number of nitrogens with two attached hydrogens (primary N) is 1. The predicted octanol–water partition coefficient (Wildman–Crippen LogP) is 3.31. The Bertz CT molecular complexity index is 2070. The van der Waals surface area contributed by atoms with Gasteiger partial charge in [-0.05, 0) is 43.3 Å². The first-order valence-corrected chi connectivity index (χ1v) is 13.0. The summed E-state index contributed by atoms with van der Waals surface area (Å²) < 4.78 is 8.04. The van der Waals surface area contributed by atoms with Crippen LogP contribution in [0.1, 0.15) is 40.3 Å². The van der Waals surface area contributed by atoms with Gasteiger partial charge in [-0.1, -0.05) is 36.1 Å². The van der Waals surface area contributed by atoms with Gasteiger partial charge in [-0.3, -0.25) is 14.2 Å². The molecular formula is C31H24N8O3. The number of hydrogen-bond donors (Lipinski definition) is 2. The van der Waals surface area contributed by atoms with Crippen LogP contribution in [0.3, 0.4) is 0 Å². The van der Waals surface area contributed by atoms with Gasteiger partial charge in [-0.25, -0.2) is 19.5 Å². The molecule has 4 aromatic heterocycles. The van der Waals surface area contributed by atoms with Crippen molar-refractivity contribution in [2.75, 3.05) is 12.8 Å². The number of amides is 1. The fourth-order valence-electron chi connectivity index (χ4n) is 4.64. The Morgan fingerprint density at radius 2 is 1.86 bits per heavy atom. The van der Waals surface area contributed by atoms with Crippen molar-refractivity contribution in [1.82, 2.24) is 34.4 Å². The molecule has 0 aliphatic rings. The third-order valence-electron chi connectivity index (χ3n) is 6.61. The summed E-state index contributed by atoms with van der Waals surface area (Å²) >= 11 is 0. The fourth-order valence-corrected chi connectivity index (χ4v) is 4.64. The Balaban J connectivity index is 1.46. The Kier molecular flexibility index (Phi) is 6.78. The molecular weight excluding hydrogens is 532 g/mol. The molecule has 0 bridgehead atoms. The predicted molar refractivity (Wildman–Crippen MR) is 157 cm³/mol. The van der Waals surface area contributed by atoms with Crippen molar-refractivity contribution in [2.45, 2.75) is 13.0 Å². The van der Waals surface area contributed by atoms with E-state index in [4.69, 9.17) is 15.5 Å². The number of carbonyl (C=O) groups is 1. The Labute approximate surface area is 239 Å². The average Bonchev–Trinajstić information content (AvgIpc) is 3.36. The minimum atomic E-state index is -0.701. The van der Waals surface area contributed by atoms with Crippen LogP contribution in [-0.4, -0.2) is 42.2 Å². The van der Waals surface area contributed by atoms with Crippen LogP contribution in [0.25, 0.3) is 22.2 Å². The first kappa shape index (κ1) is 26.2. The summed E-state index contributed by atoms with van der Waals surface area (Å²) in [5.41, 5.74) is 8.42. The average molecular weight is 557 g/mol. The van der Waals surface area contributed by atoms with Crippen LogP contribution >= 0.6 is 0 Å². The highest BCUT2D eigenvalue weighted by Crippen LogP contribution is 2.22. The van der Waals surface area contributed by atoms with Crippen LogP contribution in [0, 0.1) is 11.8 Å². The third-order valence-corrected chi connectivity index (χ3v) is 6.61. The van der Waals surface area contributed by atoms with Crippen molar-refractivity contribution in [1.29, 1.82) is 0 Å². The van der Waals surface area contributed by atoms with Crippen LogP contribution in [0.4, 0.5) is 5.82 Å². The molecule has 0 radical (unpaired) electrons. The van der Waals surface area contributed by atoms with E-state index in [0.717, 1.165) is 0 Å². The van der Waals surface area contributed by atoms with Gasteiger partial charge in [0, 0.05) is 35.8 Å². The van der Waals surface area contributed by atoms with E-state index >= 15 is 0 Å². The zero-order valence-electron chi connectivity index (χ0n) is 22.6. The van der Waals surface area contributed by atoms with Crippen LogP contribution in [0.2, 0.25) is 0 Å². The van der Waals surface area contributed by atoms with Gasteiger partial charge in [0.15, 0.2) is 11.5 Å². The molecule has 0 fully saturated rings. The highest BCUT2D eigenvalue weighted by Gasteiger charge is 2.24. The van der Waals surface area contributed by atoms with Gasteiger partial charge in [0.1, 0.15) is 11.4 Å². The lowest BCUT2D eigenvalue weighted by Gasteiger charge is -2.20. The molecule has 1 unspecified atom stereocenters. The van der Waals surface area contributed by atoms with E-state index in [1.807, 2.05) is 18.2 Å². The van der Waals surface area contributed by atoms with Crippen molar-refractivity contribution in [2.24, 2.45) is 0 Å². The van der Waals surface area contributed by atoms with Gasteiger partial charge < -0.3 is 15.8 Å². The SMILES string of the molecule is COc1ccc(C#Cc2cccc3nc(C(C)NC(=O)c4c(N)nn5cccnc45)n(-c4ccccc4)c(=O)c23)cn1. The van der Waals surface area contributed by atoms with Crippen molar-refractivity contribution in [3.63, 3.8) is 0 Å². The number of para-hydroxylation sites is 1. The maximum absolute atomic E-state index is 14.2. The van der Waals surface area contributed by atoms with Gasteiger partial charge in [0.2, 0.25) is 5.88 Å². The lowest BCUT2D eigenvalue weighted by Crippen LogP contribution is -2.33. The van der Waals surface area contributed by atoms with Crippen molar-refractivity contribution in [3.05, 3.63) is 118 Å². The number of nitrogen functional groups attached to an aromatic ring is 1. The zero-order chi connectivity index (χ0) is 29.2. The van der Waals surface area contributed by atoms with Gasteiger partial charge in [0.25, 0.3) is 11.5 Å². The lowest BCUT2D eigenvalue weighted by atomic mass is 10.1. The minimum Gasteiger partial charge on any atom is -0.481 e. The molecule has 0 aliphatic carbocycles. The molecule has 206 valence electrons. The van der Waals surface area contributed by atoms with E-state index in [2.05, 4.69) is 32.2 Å². The zero-order valence-corrected chi connectivity index (χ0v) is 22.6. The summed E-state index contributed by atoms with van der Waals surface area (Å²) in [5.74, 6) is 6.53. The minimum absolute atomic E-state index is 0.0422. The maximum atomic E-state index is 14.2. The maximum Gasteiger partial charge on any atom is 0.267 e. The largest absolute Gasteiger partial charge is 0.481 e. The Morgan fingerprint density at radius 1 is 1.02 bits per heavy atom. The number of pyridine rings is 1. The molecule has 6 aromatic rings. The second-order valence-electron chi connectivity index (χ2n) is 9.33. The third kappa shape index (κ3) is 4.77. The fraction of sp³-hybridized carbons (Fsp3) is 0.0968. The first-order valence-electron chi connectivity index (χ1n) is 13.0. The molecule has 0 saturated heterocycles. The molecule has 0 saturated carbocycles. The summed E-state index contributed by atoms with van der Waals surface area (Å²) in [7, 11) is 1.54. The number of hydrogen-bond acceptors (Lipinski definition) is 8. The summed E-state index contributed by atoms with van der Waals surface area (Å²) in [5, 5.41) is 7.45. The number of nitrogens with one attached hydrogen (secondary N) is 1. The van der Waals surface area contributed by atoms with Crippen LogP contribution in [0.5, 0.6) is 5.88 Å². The van der Waals surface area contributed by atoms with Crippen molar-refractivity contribution < 1.29 is 9.53 Å². The van der Waals surface area contributed by atoms with Gasteiger partial charge in [0.05, 0.1) is 29.7 Å². The second-order valence-corrected chi connectivity index (χ2v) is 9.33. The smallest absolute Gasteiger partial charge is 0.267 e. The van der Waals surface area contributed by atoms with Gasteiger partial charge in [-0.15, -0.1) is 5.10 Å². The molecule has 1 atom stereocenters. The number of benzene rings is 2. The molecule has 4 heterocycles. The number of carbonyl (C=O) groups excluding carboxylic acids is 1. The summed E-state index contributed by atoms with van der Waals surface area (Å²) in [6.07, 6.45) is 4.81. The molecule has 6 rings (SSSR count). The summed E-state index contributed by atoms with van der Waals surface area (Å²) in [6, 6.07) is 18.9. The van der Waals surface area contributed by atoms with E-state index in [-0.39, 0.29) is 16.9 Å². The van der Waals surface area contributed by atoms with Crippen molar-refractivity contribution in [3.8, 4) is 23.4 Å². The van der Waals surface area contributed by atoms with Crippen LogP contribution in [0.15, 0.2) is 90.1 Å². The van der Waals surface area contributed by atoms with E-state index in [1.165, 1.54) is 9.08 Å². The topological polar surface area (TPSA) is 142 Å². The summed E-state index contributed by atoms with van der Waals surface area (Å²) in [4.78, 5) is 40.9. The number of fused-ring (bicyclic) bond motifs is 2. The van der Waals surface area contributed by atoms with Crippen molar-refractivity contribution >= 4 is 28.3 Å². The normalized spacial score (nSPS) is 11.6. The van der Waals surface area contributed by atoms with E-state index in [9.17, 15) is 9.59 Å². The van der Waals surface area contributed by atoms with E-state index in [1.54, 1.807) is 81.2 Å². The molecule has 11 nitrogen and oxygen atoms in total. The number of aromatic nitrogens is 6. The molecule has 0 spiro atoms. The monoisotopic (exact) mass is 556 g/mol. The lowest BCUT2D eigenvalue weighted by molar-refractivity contribution is 0.0940. The standard InChI is InChI=1S/C31H24N8O3/c1-19(35-30(40)26-27(32)37-38-17-7-16-33-29(26)38)28-36-23-11-6-8-21(14-12-20-13-15-24(42-2)34-18-20)25(23)31(41)39(28)22-9-4-3-5-10-22/h3-11,13,15-19H,1-2H3,(H2,32,37)(H,35,40). The van der Waals surface area contributed by atoms with E-state index < -0.39 is 11.9 Å². The second kappa shape index (κ2) is 10.9. The number of nitrogens with zero attached hydrogens (tertiary/aromatic N) is 6. The quantitative estimate of drug-likeness (QED) is 0.308. The van der Waals surface area contributed by atoms with Crippen LogP contribution < -0.4 is 21.3 Å². The first-order chi connectivity index (χ1) is 20.4. The molecule has 3 N–H and O–H groups in total. The number of ether oxygens (including phenoxy) is 1. The summed E-state index contributed by atoms with van der Waals surface area (Å²) in [6.45, 7) is 1.75. The highest BCUT2D eigenvalue weighted by molar-refractivity contribution is 6.04. The molecule has 2 aromatic carbocycles. The Morgan fingerprint density at radius 3 is 2.62 bits per heavy atom. The highest BCUT2D eigenvalue weighted by atomic mass is 16.5. The molecule has 1 amide bonds. The molecule has 11 heteroatoms. The van der Waals surface area contributed by atoms with Gasteiger partial charge in [-0.2, -0.15) is 0 Å². The Hall–Kier alpha value is -6.02. The number of anilines is 1. The van der Waals surface area contributed by atoms with Gasteiger partial charge >= 0.3 is 0 Å². The molecule has 0 aliphatic heterocycles. The molecule has 42 heavy (non-hydrogen) atoms.